The van der Waals surface area contributed by atoms with Gasteiger partial charge in [0.05, 0.1) is 45.5 Å². The molecule has 3 aromatic carbocycles. The molecular weight excluding hydrogens is 615 g/mol. The van der Waals surface area contributed by atoms with Crippen LogP contribution in [0.5, 0.6) is 0 Å². The predicted molar refractivity (Wildman–Crippen MR) is 162 cm³/mol. The molecule has 0 fully saturated rings. The van der Waals surface area contributed by atoms with E-state index in [1.807, 2.05) is 30.3 Å². The lowest BCUT2D eigenvalue weighted by Gasteiger charge is -2.16. The average Bonchev–Trinajstić information content (AvgIpc) is 3.87. The molecule has 4 aromatic heterocycles. The van der Waals surface area contributed by atoms with Crippen molar-refractivity contribution in [2.45, 2.75) is 6.04 Å². The molecule has 13 nitrogen and oxygen atoms in total. The third-order valence-electron chi connectivity index (χ3n) is 7.33. The summed E-state index contributed by atoms with van der Waals surface area (Å²) in [5.41, 5.74) is 3.48. The van der Waals surface area contributed by atoms with E-state index in [9.17, 15) is 15.1 Å². The largest absolute Gasteiger partial charge is 0.618 e. The minimum absolute atomic E-state index is 0.0358. The number of tetrazole rings is 1. The minimum Gasteiger partial charge on any atom is -0.618 e. The maximum Gasteiger partial charge on any atom is 0.335 e. The number of carboxylic acids is 1. The van der Waals surface area contributed by atoms with E-state index in [-0.39, 0.29) is 33.1 Å². The highest BCUT2D eigenvalue weighted by atomic mass is 35.5. The lowest BCUT2D eigenvalue weighted by Crippen LogP contribution is -2.36. The van der Waals surface area contributed by atoms with E-state index in [1.165, 1.54) is 35.4 Å². The van der Waals surface area contributed by atoms with E-state index in [0.717, 1.165) is 11.3 Å². The van der Waals surface area contributed by atoms with Gasteiger partial charge in [-0.3, -0.25) is 4.68 Å². The van der Waals surface area contributed by atoms with Crippen molar-refractivity contribution in [1.29, 1.82) is 0 Å². The van der Waals surface area contributed by atoms with Crippen molar-refractivity contribution in [3.05, 3.63) is 143 Å². The lowest BCUT2D eigenvalue weighted by atomic mass is 10.0. The number of halogens is 2. The molecule has 0 bridgehead atoms. The summed E-state index contributed by atoms with van der Waals surface area (Å²) in [6.45, 7) is 0. The summed E-state index contributed by atoms with van der Waals surface area (Å²) in [6, 6.07) is 20.9. The maximum atomic E-state index is 15.5. The van der Waals surface area contributed by atoms with Crippen molar-refractivity contribution in [3.8, 4) is 33.6 Å². The van der Waals surface area contributed by atoms with Gasteiger partial charge in [0.25, 0.3) is 0 Å². The summed E-state index contributed by atoms with van der Waals surface area (Å²) >= 11 is 6.13. The molecule has 7 rings (SSSR count). The molecule has 0 spiro atoms. The summed E-state index contributed by atoms with van der Waals surface area (Å²) in [6.07, 6.45) is 7.57. The normalized spacial score (nSPS) is 11.9. The molecule has 1 atom stereocenters. The number of carboxylic acid groups (broad SMARTS) is 1. The number of nitrogens with zero attached hydrogens (tertiary/aromatic N) is 10. The van der Waals surface area contributed by atoms with Gasteiger partial charge in [-0.05, 0) is 58.5 Å². The monoisotopic (exact) mass is 634 g/mol. The van der Waals surface area contributed by atoms with Crippen LogP contribution in [0.3, 0.4) is 0 Å². The van der Waals surface area contributed by atoms with E-state index in [0.29, 0.717) is 16.0 Å². The van der Waals surface area contributed by atoms with Gasteiger partial charge < -0.3 is 10.3 Å². The molecule has 226 valence electrons. The molecule has 0 saturated carbocycles. The number of benzene rings is 3. The predicted octanol–water partition coefficient (Wildman–Crippen LogP) is 4.54. The Morgan fingerprint density at radius 3 is 2.41 bits per heavy atom. The van der Waals surface area contributed by atoms with Gasteiger partial charge in [0.1, 0.15) is 12.0 Å². The first-order chi connectivity index (χ1) is 22.4. The van der Waals surface area contributed by atoms with Crippen molar-refractivity contribution in [3.63, 3.8) is 0 Å². The molecule has 0 saturated heterocycles. The van der Waals surface area contributed by atoms with Crippen molar-refractivity contribution >= 4 is 17.6 Å². The third kappa shape index (κ3) is 5.22. The first-order valence-electron chi connectivity index (χ1n) is 13.7. The van der Waals surface area contributed by atoms with Crippen molar-refractivity contribution < 1.29 is 19.0 Å². The Kier molecular flexibility index (Phi) is 7.22. The molecule has 7 aromatic rings. The Morgan fingerprint density at radius 2 is 1.70 bits per heavy atom. The van der Waals surface area contributed by atoms with Crippen LogP contribution in [-0.2, 0) is 0 Å². The van der Waals surface area contributed by atoms with Crippen LogP contribution in [0.2, 0.25) is 5.02 Å². The lowest BCUT2D eigenvalue weighted by molar-refractivity contribution is -0.615. The zero-order valence-electron chi connectivity index (χ0n) is 23.5. The Morgan fingerprint density at radius 1 is 0.913 bits per heavy atom. The first-order valence-corrected chi connectivity index (χ1v) is 14.1. The average molecular weight is 635 g/mol. The van der Waals surface area contributed by atoms with Crippen LogP contribution in [-0.4, -0.2) is 56.1 Å². The molecule has 0 radical (unpaired) electrons. The number of aromatic carboxylic acids is 1. The fraction of sp³-hybridized carbons (Fsp3) is 0.0323. The summed E-state index contributed by atoms with van der Waals surface area (Å²) in [4.78, 5) is 11.3. The van der Waals surface area contributed by atoms with Crippen LogP contribution >= 0.6 is 11.6 Å². The summed E-state index contributed by atoms with van der Waals surface area (Å²) in [7, 11) is 0. The second-order valence-corrected chi connectivity index (χ2v) is 10.5. The van der Waals surface area contributed by atoms with Gasteiger partial charge in [-0.1, -0.05) is 47.1 Å². The fourth-order valence-electron chi connectivity index (χ4n) is 5.09. The van der Waals surface area contributed by atoms with Crippen LogP contribution in [0.1, 0.15) is 27.8 Å². The zero-order valence-corrected chi connectivity index (χ0v) is 24.2. The van der Waals surface area contributed by atoms with Crippen LogP contribution in [0.4, 0.5) is 4.39 Å². The fourth-order valence-corrected chi connectivity index (χ4v) is 5.25. The van der Waals surface area contributed by atoms with E-state index < -0.39 is 17.8 Å². The standard InChI is InChI=1S/C31H20ClFN10O3/c32-24-11-13-26(42-18-34-37-39-42)28(29(24)33)21-10-12-27(43(46)16-21)30(25-17-40(38-36-25)23-4-2-1-3-5-23)41-15-22(14-35-41)19-6-8-20(9-7-19)31(44)45/h1-18,30H,(H,44,45). The summed E-state index contributed by atoms with van der Waals surface area (Å²) in [5.74, 6) is -1.77. The molecule has 0 aliphatic heterocycles. The first kappa shape index (κ1) is 28.5. The van der Waals surface area contributed by atoms with E-state index in [2.05, 4.69) is 30.9 Å². The molecule has 46 heavy (non-hydrogen) atoms. The maximum absolute atomic E-state index is 15.5. The second kappa shape index (κ2) is 11.7. The van der Waals surface area contributed by atoms with Crippen molar-refractivity contribution in [2.24, 2.45) is 0 Å². The van der Waals surface area contributed by atoms with E-state index in [4.69, 9.17) is 11.6 Å². The third-order valence-corrected chi connectivity index (χ3v) is 7.62. The number of hydrogen-bond donors (Lipinski definition) is 1. The highest BCUT2D eigenvalue weighted by Crippen LogP contribution is 2.34. The second-order valence-electron chi connectivity index (χ2n) is 10.1. The van der Waals surface area contributed by atoms with Gasteiger partial charge >= 0.3 is 5.97 Å². The molecule has 0 aliphatic carbocycles. The Labute approximate surface area is 263 Å². The Balaban J connectivity index is 1.33. The van der Waals surface area contributed by atoms with Crippen LogP contribution in [0, 0.1) is 11.0 Å². The number of para-hydroxylation sites is 1. The van der Waals surface area contributed by atoms with Gasteiger partial charge in [0.2, 0.25) is 5.69 Å². The van der Waals surface area contributed by atoms with Crippen LogP contribution < -0.4 is 4.73 Å². The molecule has 4 heterocycles. The van der Waals surface area contributed by atoms with Gasteiger partial charge in [0.15, 0.2) is 18.1 Å². The Bertz CT molecular complexity index is 2180. The number of hydrogen-bond acceptors (Lipinski definition) is 8. The number of rotatable bonds is 8. The molecule has 1 N–H and O–H groups in total. The van der Waals surface area contributed by atoms with E-state index in [1.54, 1.807) is 58.3 Å². The zero-order chi connectivity index (χ0) is 31.8. The topological polar surface area (TPSA) is 156 Å². The highest BCUT2D eigenvalue weighted by Gasteiger charge is 2.30. The molecule has 0 aliphatic rings. The molecule has 0 amide bonds. The number of carbonyl (C=O) groups is 1. The SMILES string of the molecule is O=C(O)c1ccc(-c2cnn(C(c3cn(-c4ccccc4)nn3)c3ccc(-c4c(-n5cnnn5)ccc(Cl)c4F)c[n+]3[O-])c2)cc1. The summed E-state index contributed by atoms with van der Waals surface area (Å²) < 4.78 is 20.5. The number of aromatic nitrogens is 10. The molecule has 1 unspecified atom stereocenters. The van der Waals surface area contributed by atoms with Crippen LogP contribution in [0.25, 0.3) is 33.6 Å². The van der Waals surface area contributed by atoms with Crippen molar-refractivity contribution in [2.75, 3.05) is 0 Å². The molecule has 15 heteroatoms. The van der Waals surface area contributed by atoms with Gasteiger partial charge in [0, 0.05) is 17.8 Å². The quantitative estimate of drug-likeness (QED) is 0.187. The van der Waals surface area contributed by atoms with Crippen molar-refractivity contribution in [1.82, 2.24) is 45.0 Å². The van der Waals surface area contributed by atoms with Crippen LogP contribution in [0.15, 0.2) is 110 Å². The van der Waals surface area contributed by atoms with E-state index >= 15 is 4.39 Å². The smallest absolute Gasteiger partial charge is 0.335 e. The van der Waals surface area contributed by atoms with Gasteiger partial charge in [-0.2, -0.15) is 14.5 Å². The highest BCUT2D eigenvalue weighted by molar-refractivity contribution is 6.31. The Hall–Kier alpha value is -6.28. The summed E-state index contributed by atoms with van der Waals surface area (Å²) in [5, 5.41) is 47.3. The minimum atomic E-state index is -1.03. The van der Waals surface area contributed by atoms with Gasteiger partial charge in [-0.15, -0.1) is 10.2 Å². The van der Waals surface area contributed by atoms with Gasteiger partial charge in [-0.25, -0.2) is 13.9 Å². The number of pyridine rings is 1. The molecular formula is C31H20ClFN10O3.